The molecule has 0 aromatic carbocycles. The van der Waals surface area contributed by atoms with E-state index in [0.717, 1.165) is 5.57 Å². The molecule has 23 heavy (non-hydrogen) atoms. The van der Waals surface area contributed by atoms with Crippen LogP contribution in [-0.2, 0) is 23.9 Å². The van der Waals surface area contributed by atoms with Gasteiger partial charge in [-0.3, -0.25) is 9.59 Å². The van der Waals surface area contributed by atoms with Crippen LogP contribution in [0.25, 0.3) is 0 Å². The van der Waals surface area contributed by atoms with E-state index >= 15 is 0 Å². The Morgan fingerprint density at radius 1 is 1.22 bits per heavy atom. The van der Waals surface area contributed by atoms with Crippen LogP contribution < -0.4 is 0 Å². The van der Waals surface area contributed by atoms with Crippen LogP contribution in [0.5, 0.6) is 0 Å². The zero-order valence-corrected chi connectivity index (χ0v) is 14.7. The molecule has 0 amide bonds. The van der Waals surface area contributed by atoms with Gasteiger partial charge in [-0.05, 0) is 57.4 Å². The highest BCUT2D eigenvalue weighted by atomic mass is 16.5. The Balaban J connectivity index is 2.23. The Morgan fingerprint density at radius 2 is 1.87 bits per heavy atom. The molecule has 2 atom stereocenters. The second kappa shape index (κ2) is 6.10. The minimum Gasteiger partial charge on any atom is -0.465 e. The third kappa shape index (κ3) is 3.48. The van der Waals surface area contributed by atoms with Crippen molar-refractivity contribution in [3.05, 3.63) is 11.1 Å². The van der Waals surface area contributed by atoms with Crippen molar-refractivity contribution in [3.63, 3.8) is 0 Å². The summed E-state index contributed by atoms with van der Waals surface area (Å²) >= 11 is 0. The van der Waals surface area contributed by atoms with Crippen molar-refractivity contribution in [2.75, 3.05) is 7.11 Å². The monoisotopic (exact) mass is 322 g/mol. The number of ether oxygens (including phenoxy) is 2. The van der Waals surface area contributed by atoms with E-state index in [2.05, 4.69) is 6.92 Å². The lowest BCUT2D eigenvalue weighted by Gasteiger charge is -2.43. The highest BCUT2D eigenvalue weighted by Gasteiger charge is 2.45. The van der Waals surface area contributed by atoms with Crippen LogP contribution >= 0.6 is 0 Å². The Bertz CT molecular complexity index is 566. The Hall–Kier alpha value is -1.65. The zero-order chi connectivity index (χ0) is 17.4. The van der Waals surface area contributed by atoms with Crippen LogP contribution in [0, 0.1) is 10.8 Å². The molecule has 2 aliphatic carbocycles. The van der Waals surface area contributed by atoms with Crippen molar-refractivity contribution < 1.29 is 23.9 Å². The molecule has 1 saturated carbocycles. The van der Waals surface area contributed by atoms with Crippen LogP contribution in [0.4, 0.5) is 0 Å². The molecular weight excluding hydrogens is 296 g/mol. The molecule has 0 N–H and O–H groups in total. The van der Waals surface area contributed by atoms with E-state index in [1.165, 1.54) is 7.11 Å². The number of rotatable bonds is 2. The number of esters is 2. The van der Waals surface area contributed by atoms with Gasteiger partial charge in [-0.1, -0.05) is 6.92 Å². The SMILES string of the molecule is COC(=O)C1=C2CCC(OC(=O)C(C)(C)C)CC2(C)CCC1=O. The quantitative estimate of drug-likeness (QED) is 0.577. The number of ketones is 1. The van der Waals surface area contributed by atoms with Gasteiger partial charge in [0.25, 0.3) is 0 Å². The molecule has 0 spiro atoms. The predicted octanol–water partition coefficient (Wildman–Crippen LogP) is 2.97. The van der Waals surface area contributed by atoms with Gasteiger partial charge in [0.05, 0.1) is 12.5 Å². The summed E-state index contributed by atoms with van der Waals surface area (Å²) in [5.74, 6) is -0.880. The Kier molecular flexibility index (Phi) is 4.69. The van der Waals surface area contributed by atoms with E-state index in [9.17, 15) is 14.4 Å². The number of hydrogen-bond acceptors (Lipinski definition) is 5. The van der Waals surface area contributed by atoms with E-state index in [0.29, 0.717) is 32.1 Å². The maximum Gasteiger partial charge on any atom is 0.341 e. The topological polar surface area (TPSA) is 69.7 Å². The molecule has 0 heterocycles. The Labute approximate surface area is 137 Å². The zero-order valence-electron chi connectivity index (χ0n) is 14.7. The minimum absolute atomic E-state index is 0.130. The van der Waals surface area contributed by atoms with Crippen molar-refractivity contribution in [1.29, 1.82) is 0 Å². The van der Waals surface area contributed by atoms with Crippen LogP contribution in [-0.4, -0.2) is 30.9 Å². The number of carbonyl (C=O) groups is 3. The molecule has 0 aromatic heterocycles. The lowest BCUT2D eigenvalue weighted by molar-refractivity contribution is -0.161. The fourth-order valence-electron chi connectivity index (χ4n) is 3.47. The van der Waals surface area contributed by atoms with Gasteiger partial charge >= 0.3 is 11.9 Å². The third-order valence-corrected chi connectivity index (χ3v) is 4.88. The molecule has 2 unspecified atom stereocenters. The first-order chi connectivity index (χ1) is 10.6. The highest BCUT2D eigenvalue weighted by Crippen LogP contribution is 2.49. The molecule has 128 valence electrons. The van der Waals surface area contributed by atoms with Crippen molar-refractivity contribution >= 4 is 17.7 Å². The van der Waals surface area contributed by atoms with E-state index < -0.39 is 11.4 Å². The molecule has 0 aliphatic heterocycles. The average Bonchev–Trinajstić information content (AvgIpc) is 2.46. The van der Waals surface area contributed by atoms with E-state index in [1.807, 2.05) is 20.8 Å². The van der Waals surface area contributed by atoms with Gasteiger partial charge in [0.15, 0.2) is 5.78 Å². The Morgan fingerprint density at radius 3 is 2.43 bits per heavy atom. The number of Topliss-reactive ketones (excluding diaryl/α,β-unsaturated/α-hetero) is 1. The van der Waals surface area contributed by atoms with E-state index in [1.54, 1.807) is 0 Å². The normalized spacial score (nSPS) is 28.2. The summed E-state index contributed by atoms with van der Waals surface area (Å²) in [5, 5.41) is 0. The van der Waals surface area contributed by atoms with Crippen LogP contribution in [0.15, 0.2) is 11.1 Å². The predicted molar refractivity (Wildman–Crippen MR) is 84.6 cm³/mol. The average molecular weight is 322 g/mol. The first-order valence-corrected chi connectivity index (χ1v) is 8.15. The molecule has 2 rings (SSSR count). The fraction of sp³-hybridized carbons (Fsp3) is 0.722. The van der Waals surface area contributed by atoms with Gasteiger partial charge in [0.1, 0.15) is 11.7 Å². The van der Waals surface area contributed by atoms with Crippen LogP contribution in [0.3, 0.4) is 0 Å². The first kappa shape index (κ1) is 17.7. The van der Waals surface area contributed by atoms with Gasteiger partial charge in [-0.2, -0.15) is 0 Å². The molecule has 0 saturated heterocycles. The number of allylic oxidation sites excluding steroid dienone is 1. The number of hydrogen-bond donors (Lipinski definition) is 0. The second-order valence-electron chi connectivity index (χ2n) is 7.85. The van der Waals surface area contributed by atoms with Gasteiger partial charge in [-0.15, -0.1) is 0 Å². The molecular formula is C18H26O5. The van der Waals surface area contributed by atoms with E-state index in [4.69, 9.17) is 9.47 Å². The van der Waals surface area contributed by atoms with Crippen LogP contribution in [0.1, 0.15) is 59.8 Å². The smallest absolute Gasteiger partial charge is 0.341 e. The summed E-state index contributed by atoms with van der Waals surface area (Å²) in [6.07, 6.45) is 2.74. The van der Waals surface area contributed by atoms with Crippen molar-refractivity contribution in [3.8, 4) is 0 Å². The second-order valence-corrected chi connectivity index (χ2v) is 7.85. The number of carbonyl (C=O) groups excluding carboxylic acids is 3. The van der Waals surface area contributed by atoms with Crippen molar-refractivity contribution in [2.45, 2.75) is 65.9 Å². The van der Waals surface area contributed by atoms with Crippen LogP contribution in [0.2, 0.25) is 0 Å². The highest BCUT2D eigenvalue weighted by molar-refractivity contribution is 6.18. The third-order valence-electron chi connectivity index (χ3n) is 4.88. The van der Waals surface area contributed by atoms with Gasteiger partial charge in [-0.25, -0.2) is 4.79 Å². The molecule has 1 fully saturated rings. The molecule has 5 heteroatoms. The van der Waals surface area contributed by atoms with Crippen molar-refractivity contribution in [1.82, 2.24) is 0 Å². The molecule has 0 aromatic rings. The fourth-order valence-corrected chi connectivity index (χ4v) is 3.47. The van der Waals surface area contributed by atoms with E-state index in [-0.39, 0.29) is 28.8 Å². The molecule has 2 aliphatic rings. The molecule has 0 radical (unpaired) electrons. The summed E-state index contributed by atoms with van der Waals surface area (Å²) in [6.45, 7) is 7.55. The maximum absolute atomic E-state index is 12.1. The van der Waals surface area contributed by atoms with Crippen molar-refractivity contribution in [2.24, 2.45) is 10.8 Å². The molecule has 0 bridgehead atoms. The van der Waals surface area contributed by atoms with Gasteiger partial charge < -0.3 is 9.47 Å². The summed E-state index contributed by atoms with van der Waals surface area (Å²) < 4.78 is 10.4. The lowest BCUT2D eigenvalue weighted by atomic mass is 9.63. The summed E-state index contributed by atoms with van der Waals surface area (Å²) in [4.78, 5) is 36.2. The summed E-state index contributed by atoms with van der Waals surface area (Å²) in [7, 11) is 1.30. The minimum atomic E-state index is -0.541. The van der Waals surface area contributed by atoms with Gasteiger partial charge in [0.2, 0.25) is 0 Å². The largest absolute Gasteiger partial charge is 0.465 e. The first-order valence-electron chi connectivity index (χ1n) is 8.15. The number of methoxy groups -OCH3 is 1. The molecule has 5 nitrogen and oxygen atoms in total. The summed E-state index contributed by atoms with van der Waals surface area (Å²) in [5.41, 5.74) is 0.292. The van der Waals surface area contributed by atoms with Gasteiger partial charge in [0, 0.05) is 6.42 Å². The summed E-state index contributed by atoms with van der Waals surface area (Å²) in [6, 6.07) is 0. The number of fused-ring (bicyclic) bond motifs is 1. The maximum atomic E-state index is 12.1. The lowest BCUT2D eigenvalue weighted by Crippen LogP contribution is -2.40. The standard InChI is InChI=1S/C18H26O5/c1-17(2,3)16(21)23-11-6-7-12-14(15(20)22-5)13(19)8-9-18(12,4)10-11/h11H,6-10H2,1-5H3.